The van der Waals surface area contributed by atoms with E-state index in [0.29, 0.717) is 11.1 Å². The maximum Gasteiger partial charge on any atom is 0.270 e. The number of non-ortho nitro benzene ring substituents is 1. The Morgan fingerprint density at radius 3 is 2.73 bits per heavy atom. The highest BCUT2D eigenvalue weighted by molar-refractivity contribution is 7.89. The Hall–Kier alpha value is -3.71. The highest BCUT2D eigenvalue weighted by atomic mass is 32.2. The summed E-state index contributed by atoms with van der Waals surface area (Å²) in [6.07, 6.45) is 0.195. The molecule has 0 saturated heterocycles. The van der Waals surface area contributed by atoms with Gasteiger partial charge in [0.2, 0.25) is 27.6 Å². The van der Waals surface area contributed by atoms with Crippen molar-refractivity contribution in [1.29, 1.82) is 0 Å². The van der Waals surface area contributed by atoms with Crippen LogP contribution in [0.4, 0.5) is 10.1 Å². The Balaban J connectivity index is 1.44. The molecule has 2 aromatic carbocycles. The van der Waals surface area contributed by atoms with Crippen LogP contribution in [0.2, 0.25) is 0 Å². The molecule has 0 aliphatic heterocycles. The fraction of sp³-hybridized carbons (Fsp3) is 0.250. The Bertz CT molecular complexity index is 1280. The fourth-order valence-electron chi connectivity index (χ4n) is 2.80. The molecule has 0 fully saturated rings. The quantitative estimate of drug-likeness (QED) is 0.255. The molecule has 3 aromatic rings. The molecule has 0 spiro atoms. The number of nitrogens with zero attached hydrogens (tertiary/aromatic N) is 3. The molecule has 11 nitrogen and oxygen atoms in total. The van der Waals surface area contributed by atoms with Gasteiger partial charge in [-0.3, -0.25) is 14.9 Å². The summed E-state index contributed by atoms with van der Waals surface area (Å²) in [7, 11) is -3.96. The molecule has 1 aromatic heterocycles. The molecule has 0 unspecified atom stereocenters. The van der Waals surface area contributed by atoms with Gasteiger partial charge >= 0.3 is 0 Å². The molecule has 3 rings (SSSR count). The average molecular weight is 477 g/mol. The third kappa shape index (κ3) is 6.40. The van der Waals surface area contributed by atoms with Gasteiger partial charge in [0.15, 0.2) is 0 Å². The maximum absolute atomic E-state index is 13.4. The smallest absolute Gasteiger partial charge is 0.270 e. The van der Waals surface area contributed by atoms with Crippen molar-refractivity contribution in [3.8, 4) is 11.4 Å². The van der Waals surface area contributed by atoms with Crippen LogP contribution in [0.3, 0.4) is 0 Å². The van der Waals surface area contributed by atoms with Crippen molar-refractivity contribution >= 4 is 21.6 Å². The van der Waals surface area contributed by atoms with Crippen LogP contribution in [0.15, 0.2) is 51.9 Å². The van der Waals surface area contributed by atoms with Gasteiger partial charge in [-0.1, -0.05) is 11.2 Å². The highest BCUT2D eigenvalue weighted by Crippen LogP contribution is 2.19. The van der Waals surface area contributed by atoms with Crippen LogP contribution in [0.25, 0.3) is 11.4 Å². The summed E-state index contributed by atoms with van der Waals surface area (Å²) in [6, 6.07) is 9.07. The van der Waals surface area contributed by atoms with Crippen LogP contribution < -0.4 is 10.0 Å². The Morgan fingerprint density at radius 2 is 2.00 bits per heavy atom. The monoisotopic (exact) mass is 477 g/mol. The number of amides is 1. The van der Waals surface area contributed by atoms with E-state index in [4.69, 9.17) is 4.52 Å². The number of rotatable bonds is 10. The van der Waals surface area contributed by atoms with Gasteiger partial charge in [0.05, 0.1) is 9.82 Å². The second-order valence-corrected chi connectivity index (χ2v) is 8.74. The predicted molar refractivity (Wildman–Crippen MR) is 114 cm³/mol. The zero-order valence-corrected chi connectivity index (χ0v) is 18.3. The third-order valence-electron chi connectivity index (χ3n) is 4.53. The van der Waals surface area contributed by atoms with Gasteiger partial charge in [-0.25, -0.2) is 17.5 Å². The van der Waals surface area contributed by atoms with E-state index >= 15 is 0 Å². The fourth-order valence-corrected chi connectivity index (χ4v) is 3.87. The number of sulfonamides is 1. The summed E-state index contributed by atoms with van der Waals surface area (Å²) in [4.78, 5) is 26.0. The van der Waals surface area contributed by atoms with E-state index in [2.05, 4.69) is 20.2 Å². The minimum Gasteiger partial charge on any atom is -0.355 e. The molecular formula is C20H20FN5O6S. The molecule has 2 N–H and O–H groups in total. The molecule has 1 amide bonds. The van der Waals surface area contributed by atoms with Crippen molar-refractivity contribution in [1.82, 2.24) is 20.2 Å². The number of nitro groups is 1. The Morgan fingerprint density at radius 1 is 1.21 bits per heavy atom. The van der Waals surface area contributed by atoms with Gasteiger partial charge in [0, 0.05) is 43.6 Å². The number of carbonyl (C=O) groups excluding carboxylic acids is 1. The van der Waals surface area contributed by atoms with Crippen LogP contribution in [-0.4, -0.2) is 42.5 Å². The second kappa shape index (κ2) is 10.3. The van der Waals surface area contributed by atoms with Gasteiger partial charge in [-0.15, -0.1) is 0 Å². The zero-order valence-electron chi connectivity index (χ0n) is 17.4. The van der Waals surface area contributed by atoms with Crippen molar-refractivity contribution in [3.63, 3.8) is 0 Å². The number of hydrogen-bond acceptors (Lipinski definition) is 8. The number of benzene rings is 2. The number of nitrogens with one attached hydrogen (secondary N) is 2. The molecule has 0 aliphatic rings. The lowest BCUT2D eigenvalue weighted by Gasteiger charge is -2.08. The van der Waals surface area contributed by atoms with Crippen LogP contribution in [0.5, 0.6) is 0 Å². The number of nitro benzene ring substituents is 1. The predicted octanol–water partition coefficient (Wildman–Crippen LogP) is 2.12. The number of hydrogen-bond donors (Lipinski definition) is 2. The molecule has 33 heavy (non-hydrogen) atoms. The van der Waals surface area contributed by atoms with E-state index in [1.807, 2.05) is 0 Å². The summed E-state index contributed by atoms with van der Waals surface area (Å²) in [5.74, 6) is -0.189. The summed E-state index contributed by atoms with van der Waals surface area (Å²) in [5, 5.41) is 17.2. The third-order valence-corrected chi connectivity index (χ3v) is 5.99. The largest absolute Gasteiger partial charge is 0.355 e. The first-order chi connectivity index (χ1) is 15.7. The van der Waals surface area contributed by atoms with Crippen molar-refractivity contribution in [2.45, 2.75) is 24.7 Å². The first-order valence-electron chi connectivity index (χ1n) is 9.75. The van der Waals surface area contributed by atoms with E-state index in [1.165, 1.54) is 30.3 Å². The second-order valence-electron chi connectivity index (χ2n) is 6.98. The molecular weight excluding hydrogens is 457 g/mol. The summed E-state index contributed by atoms with van der Waals surface area (Å²) in [5.41, 5.74) is 0.689. The van der Waals surface area contributed by atoms with Gasteiger partial charge in [0.25, 0.3) is 5.69 Å². The lowest BCUT2D eigenvalue weighted by Crippen LogP contribution is -2.34. The van der Waals surface area contributed by atoms with Crippen LogP contribution in [0, 0.1) is 22.9 Å². The number of halogens is 1. The number of aryl methyl sites for hydroxylation is 2. The first kappa shape index (κ1) is 23.9. The van der Waals surface area contributed by atoms with Gasteiger partial charge in [0.1, 0.15) is 5.82 Å². The molecule has 0 atom stereocenters. The van der Waals surface area contributed by atoms with Crippen molar-refractivity contribution in [2.24, 2.45) is 0 Å². The highest BCUT2D eigenvalue weighted by Gasteiger charge is 2.17. The minimum absolute atomic E-state index is 0.0108. The summed E-state index contributed by atoms with van der Waals surface area (Å²) < 4.78 is 45.2. The lowest BCUT2D eigenvalue weighted by molar-refractivity contribution is -0.385. The molecule has 0 saturated carbocycles. The topological polar surface area (TPSA) is 157 Å². The minimum atomic E-state index is -3.96. The van der Waals surface area contributed by atoms with E-state index < -0.39 is 14.9 Å². The van der Waals surface area contributed by atoms with Crippen LogP contribution in [0.1, 0.15) is 17.9 Å². The summed E-state index contributed by atoms with van der Waals surface area (Å²) >= 11 is 0. The lowest BCUT2D eigenvalue weighted by atomic mass is 10.1. The van der Waals surface area contributed by atoms with Crippen molar-refractivity contribution in [3.05, 3.63) is 69.9 Å². The van der Waals surface area contributed by atoms with Crippen LogP contribution >= 0.6 is 0 Å². The molecule has 0 radical (unpaired) electrons. The van der Waals surface area contributed by atoms with Crippen LogP contribution in [-0.2, 0) is 21.2 Å². The van der Waals surface area contributed by atoms with Gasteiger partial charge in [-0.2, -0.15) is 4.98 Å². The van der Waals surface area contributed by atoms with Crippen molar-refractivity contribution in [2.75, 3.05) is 13.1 Å². The Labute approximate surface area is 188 Å². The van der Waals surface area contributed by atoms with Crippen molar-refractivity contribution < 1.29 is 27.0 Å². The van der Waals surface area contributed by atoms with Gasteiger partial charge < -0.3 is 9.84 Å². The first-order valence-corrected chi connectivity index (χ1v) is 11.2. The van der Waals surface area contributed by atoms with E-state index in [1.54, 1.807) is 13.0 Å². The molecule has 13 heteroatoms. The number of carbonyl (C=O) groups is 1. The number of aromatic nitrogens is 2. The average Bonchev–Trinajstić information content (AvgIpc) is 3.26. The summed E-state index contributed by atoms with van der Waals surface area (Å²) in [6.45, 7) is 1.52. The standard InChI is InChI=1S/C20H20FN5O6S/c1-13-11-14(5-6-17(13)21)20-24-19(32-25-20)8-7-18(27)22-9-10-23-33(30,31)16-4-2-3-15(12-16)26(28)29/h2-6,11-12,23H,7-10H2,1H3,(H,22,27). The van der Waals surface area contributed by atoms with Gasteiger partial charge in [-0.05, 0) is 36.8 Å². The SMILES string of the molecule is Cc1cc(-c2noc(CCC(=O)NCCNS(=O)(=O)c3cccc([N+](=O)[O-])c3)n2)ccc1F. The zero-order chi connectivity index (χ0) is 24.0. The normalized spacial score (nSPS) is 11.3. The van der Waals surface area contributed by atoms with E-state index in [0.717, 1.165) is 6.07 Å². The molecule has 0 aliphatic carbocycles. The molecule has 1 heterocycles. The molecule has 0 bridgehead atoms. The van der Waals surface area contributed by atoms with E-state index in [9.17, 15) is 27.7 Å². The van der Waals surface area contributed by atoms with E-state index in [-0.39, 0.29) is 60.0 Å². The maximum atomic E-state index is 13.4. The molecule has 174 valence electrons. The Kier molecular flexibility index (Phi) is 7.45.